The molecule has 88 valence electrons. The van der Waals surface area contributed by atoms with E-state index in [1.807, 2.05) is 0 Å². The number of Topliss-reactive ketones (excluding diaryl/α,β-unsaturated/α-hetero) is 1. The van der Waals surface area contributed by atoms with Crippen LogP contribution in [0.3, 0.4) is 0 Å². The molecule has 3 rings (SSSR count). The van der Waals surface area contributed by atoms with Gasteiger partial charge in [0.2, 0.25) is 5.91 Å². The fraction of sp³-hybridized carbons (Fsp3) is 0.833. The Balaban J connectivity index is 1.60. The number of carbonyl (C=O) groups excluding carboxylic acids is 2. The summed E-state index contributed by atoms with van der Waals surface area (Å²) in [5.41, 5.74) is 0. The lowest BCUT2D eigenvalue weighted by Gasteiger charge is -2.21. The second kappa shape index (κ2) is 3.84. The summed E-state index contributed by atoms with van der Waals surface area (Å²) in [6.45, 7) is 0.895. The highest BCUT2D eigenvalue weighted by Crippen LogP contribution is 2.34. The van der Waals surface area contributed by atoms with Crippen molar-refractivity contribution < 1.29 is 14.3 Å². The van der Waals surface area contributed by atoms with Crippen LogP contribution < -0.4 is 0 Å². The molecule has 3 fully saturated rings. The molecule has 2 atom stereocenters. The fourth-order valence-electron chi connectivity index (χ4n) is 2.75. The number of likely N-dealkylation sites (tertiary alicyclic amines) is 1. The molecular weight excluding hydrogens is 206 g/mol. The minimum absolute atomic E-state index is 0.0163. The van der Waals surface area contributed by atoms with E-state index >= 15 is 0 Å². The van der Waals surface area contributed by atoms with Crippen LogP contribution in [-0.4, -0.2) is 41.9 Å². The number of fused-ring (bicyclic) bond motifs is 1. The summed E-state index contributed by atoms with van der Waals surface area (Å²) in [5, 5.41) is 0. The molecule has 0 N–H and O–H groups in total. The number of nitrogens with zero attached hydrogens (tertiary/aromatic N) is 1. The van der Waals surface area contributed by atoms with Crippen molar-refractivity contribution in [3.8, 4) is 0 Å². The van der Waals surface area contributed by atoms with Crippen LogP contribution >= 0.6 is 0 Å². The molecule has 0 radical (unpaired) electrons. The summed E-state index contributed by atoms with van der Waals surface area (Å²) in [4.78, 5) is 25.3. The zero-order chi connectivity index (χ0) is 11.1. The molecule has 1 saturated carbocycles. The Hall–Kier alpha value is -0.900. The van der Waals surface area contributed by atoms with Gasteiger partial charge in [-0.2, -0.15) is 0 Å². The Labute approximate surface area is 94.9 Å². The summed E-state index contributed by atoms with van der Waals surface area (Å²) < 4.78 is 5.36. The van der Waals surface area contributed by atoms with Crippen LogP contribution in [0.5, 0.6) is 0 Å². The first-order chi connectivity index (χ1) is 7.75. The molecule has 2 saturated heterocycles. The van der Waals surface area contributed by atoms with Crippen molar-refractivity contribution in [1.29, 1.82) is 0 Å². The van der Waals surface area contributed by atoms with E-state index < -0.39 is 0 Å². The molecule has 1 amide bonds. The van der Waals surface area contributed by atoms with Gasteiger partial charge in [0.15, 0.2) is 5.78 Å². The monoisotopic (exact) mass is 223 g/mol. The minimum Gasteiger partial charge on any atom is -0.368 e. The average molecular weight is 223 g/mol. The summed E-state index contributed by atoms with van der Waals surface area (Å²) in [6, 6.07) is -0.258. The number of ether oxygens (including phenoxy) is 1. The molecule has 0 aromatic heterocycles. The Kier molecular flexibility index (Phi) is 2.46. The molecule has 0 spiro atoms. The number of hydrogen-bond donors (Lipinski definition) is 0. The largest absolute Gasteiger partial charge is 0.368 e. The van der Waals surface area contributed by atoms with Crippen molar-refractivity contribution in [2.24, 2.45) is 5.92 Å². The van der Waals surface area contributed by atoms with Crippen LogP contribution in [0.4, 0.5) is 0 Å². The van der Waals surface area contributed by atoms with E-state index in [2.05, 4.69) is 0 Å². The van der Waals surface area contributed by atoms with E-state index in [4.69, 9.17) is 4.74 Å². The fourth-order valence-corrected chi connectivity index (χ4v) is 2.75. The number of amides is 1. The lowest BCUT2D eigenvalue weighted by Crippen LogP contribution is -2.41. The van der Waals surface area contributed by atoms with Crippen LogP contribution in [0.25, 0.3) is 0 Å². The maximum Gasteiger partial charge on any atom is 0.223 e. The molecule has 0 bridgehead atoms. The lowest BCUT2D eigenvalue weighted by molar-refractivity contribution is -0.136. The zero-order valence-electron chi connectivity index (χ0n) is 9.35. The molecule has 16 heavy (non-hydrogen) atoms. The van der Waals surface area contributed by atoms with Gasteiger partial charge in [-0.25, -0.2) is 0 Å². The lowest BCUT2D eigenvalue weighted by atomic mass is 10.1. The maximum absolute atomic E-state index is 12.0. The third-order valence-corrected chi connectivity index (χ3v) is 3.90. The third-order valence-electron chi connectivity index (χ3n) is 3.90. The molecule has 4 heteroatoms. The van der Waals surface area contributed by atoms with E-state index in [-0.39, 0.29) is 30.4 Å². The Bertz CT molecular complexity index is 324. The number of carbonyl (C=O) groups is 2. The van der Waals surface area contributed by atoms with Gasteiger partial charge in [0.1, 0.15) is 12.6 Å². The van der Waals surface area contributed by atoms with Gasteiger partial charge in [-0.05, 0) is 18.8 Å². The second-order valence-corrected chi connectivity index (χ2v) is 5.12. The van der Waals surface area contributed by atoms with Crippen LogP contribution in [0, 0.1) is 5.92 Å². The van der Waals surface area contributed by atoms with Crippen LogP contribution in [0.15, 0.2) is 0 Å². The van der Waals surface area contributed by atoms with Crippen molar-refractivity contribution >= 4 is 11.7 Å². The molecule has 2 unspecified atom stereocenters. The molecule has 3 aliphatic rings. The number of hydrogen-bond acceptors (Lipinski definition) is 3. The van der Waals surface area contributed by atoms with Gasteiger partial charge in [-0.15, -0.1) is 0 Å². The van der Waals surface area contributed by atoms with Gasteiger partial charge in [0.25, 0.3) is 0 Å². The normalized spacial score (nSPS) is 33.2. The van der Waals surface area contributed by atoms with Crippen LogP contribution in [0.1, 0.15) is 32.1 Å². The molecule has 1 aliphatic carbocycles. The van der Waals surface area contributed by atoms with Gasteiger partial charge >= 0.3 is 0 Å². The Morgan fingerprint density at radius 3 is 2.94 bits per heavy atom. The Morgan fingerprint density at radius 2 is 2.19 bits per heavy atom. The van der Waals surface area contributed by atoms with E-state index in [0.717, 1.165) is 18.8 Å². The summed E-state index contributed by atoms with van der Waals surface area (Å²) in [5.74, 6) is 1.01. The topological polar surface area (TPSA) is 46.6 Å². The predicted molar refractivity (Wildman–Crippen MR) is 56.8 cm³/mol. The van der Waals surface area contributed by atoms with E-state index in [9.17, 15) is 9.59 Å². The second-order valence-electron chi connectivity index (χ2n) is 5.12. The standard InChI is InChI=1S/C12H17NO3/c14-9-7-16-10-5-6-13(12(9)10)11(15)4-3-8-1-2-8/h8,10,12H,1-7H2. The van der Waals surface area contributed by atoms with Crippen molar-refractivity contribution in [1.82, 2.24) is 4.90 Å². The number of rotatable bonds is 3. The van der Waals surface area contributed by atoms with Crippen LogP contribution in [-0.2, 0) is 14.3 Å². The molecule has 0 aromatic carbocycles. The highest BCUT2D eigenvalue weighted by atomic mass is 16.5. The Morgan fingerprint density at radius 1 is 1.38 bits per heavy atom. The minimum atomic E-state index is -0.258. The first-order valence-corrected chi connectivity index (χ1v) is 6.19. The smallest absolute Gasteiger partial charge is 0.223 e. The van der Waals surface area contributed by atoms with E-state index in [1.54, 1.807) is 4.90 Å². The van der Waals surface area contributed by atoms with Gasteiger partial charge in [0.05, 0.1) is 6.10 Å². The first kappa shape index (κ1) is 10.3. The molecule has 0 aromatic rings. The molecule has 2 heterocycles. The zero-order valence-corrected chi connectivity index (χ0v) is 9.35. The predicted octanol–water partition coefficient (Wildman–Crippen LogP) is 0.745. The third kappa shape index (κ3) is 1.75. The van der Waals surface area contributed by atoms with E-state index in [0.29, 0.717) is 13.0 Å². The van der Waals surface area contributed by atoms with Crippen LogP contribution in [0.2, 0.25) is 0 Å². The van der Waals surface area contributed by atoms with Crippen molar-refractivity contribution in [2.75, 3.05) is 13.2 Å². The highest BCUT2D eigenvalue weighted by Gasteiger charge is 2.46. The summed E-state index contributed by atoms with van der Waals surface area (Å²) >= 11 is 0. The molecule has 4 nitrogen and oxygen atoms in total. The molecular formula is C12H17NO3. The quantitative estimate of drug-likeness (QED) is 0.709. The summed E-state index contributed by atoms with van der Waals surface area (Å²) in [6.07, 6.45) is 4.98. The van der Waals surface area contributed by atoms with E-state index in [1.165, 1.54) is 12.8 Å². The summed E-state index contributed by atoms with van der Waals surface area (Å²) in [7, 11) is 0. The van der Waals surface area contributed by atoms with Gasteiger partial charge in [-0.3, -0.25) is 9.59 Å². The van der Waals surface area contributed by atoms with Gasteiger partial charge in [-0.1, -0.05) is 12.8 Å². The van der Waals surface area contributed by atoms with Gasteiger partial charge in [0, 0.05) is 13.0 Å². The van der Waals surface area contributed by atoms with Crippen molar-refractivity contribution in [3.63, 3.8) is 0 Å². The van der Waals surface area contributed by atoms with Gasteiger partial charge < -0.3 is 9.64 Å². The molecule has 2 aliphatic heterocycles. The SMILES string of the molecule is O=C1COC2CCN(C(=O)CCC3CC3)C12. The first-order valence-electron chi connectivity index (χ1n) is 6.19. The highest BCUT2D eigenvalue weighted by molar-refractivity contribution is 5.92. The van der Waals surface area contributed by atoms with Crippen molar-refractivity contribution in [2.45, 2.75) is 44.2 Å². The maximum atomic E-state index is 12.0. The average Bonchev–Trinajstić information content (AvgIpc) is 2.89. The van der Waals surface area contributed by atoms with Crippen molar-refractivity contribution in [3.05, 3.63) is 0 Å². The number of ketones is 1.